The van der Waals surface area contributed by atoms with E-state index in [2.05, 4.69) is 14.9 Å². The first-order valence-electron chi connectivity index (χ1n) is 5.22. The van der Waals surface area contributed by atoms with Crippen LogP contribution < -0.4 is 4.72 Å². The average molecular weight is 301 g/mol. The van der Waals surface area contributed by atoms with Gasteiger partial charge in [0.05, 0.1) is 5.69 Å². The molecule has 2 aromatic heterocycles. The number of rotatable bonds is 5. The van der Waals surface area contributed by atoms with Gasteiger partial charge in [-0.2, -0.15) is 5.10 Å². The summed E-state index contributed by atoms with van der Waals surface area (Å²) < 4.78 is 26.6. The third-order valence-corrected chi connectivity index (χ3v) is 4.82. The minimum Gasteiger partial charge on any atom is -0.476 e. The van der Waals surface area contributed by atoms with Crippen molar-refractivity contribution in [1.82, 2.24) is 14.9 Å². The minimum absolute atomic E-state index is 0.115. The summed E-state index contributed by atoms with van der Waals surface area (Å²) in [6, 6.07) is 3.59. The molecule has 7 nitrogen and oxygen atoms in total. The maximum absolute atomic E-state index is 12.1. The lowest BCUT2D eigenvalue weighted by Gasteiger charge is -2.05. The zero-order chi connectivity index (χ0) is 14.0. The van der Waals surface area contributed by atoms with Crippen LogP contribution in [0.3, 0.4) is 0 Å². The van der Waals surface area contributed by atoms with E-state index >= 15 is 0 Å². The fraction of sp³-hybridized carbons (Fsp3) is 0.200. The summed E-state index contributed by atoms with van der Waals surface area (Å²) in [5.74, 6) is -1.39. The number of aryl methyl sites for hydroxylation is 1. The number of thiophene rings is 1. The molecule has 0 aromatic carbocycles. The van der Waals surface area contributed by atoms with Crippen molar-refractivity contribution in [1.29, 1.82) is 0 Å². The number of carboxylic acids is 1. The lowest BCUT2D eigenvalue weighted by molar-refractivity contribution is 0.0686. The van der Waals surface area contributed by atoms with Gasteiger partial charge < -0.3 is 5.11 Å². The molecule has 9 heteroatoms. The Kier molecular flexibility index (Phi) is 3.69. The summed E-state index contributed by atoms with van der Waals surface area (Å²) in [4.78, 5) is 11.5. The van der Waals surface area contributed by atoms with Gasteiger partial charge in [0.25, 0.3) is 0 Å². The topological polar surface area (TPSA) is 112 Å². The van der Waals surface area contributed by atoms with Crippen molar-refractivity contribution in [2.75, 3.05) is 0 Å². The van der Waals surface area contributed by atoms with Gasteiger partial charge in [-0.05, 0) is 18.4 Å². The molecular weight excluding hydrogens is 290 g/mol. The molecule has 0 saturated carbocycles. The number of sulfonamides is 1. The predicted molar refractivity (Wildman–Crippen MR) is 68.6 cm³/mol. The molecule has 0 spiro atoms. The first kappa shape index (κ1) is 13.7. The number of aromatic amines is 1. The van der Waals surface area contributed by atoms with Crippen LogP contribution in [0.4, 0.5) is 0 Å². The van der Waals surface area contributed by atoms with Gasteiger partial charge in [0, 0.05) is 11.4 Å². The molecule has 3 N–H and O–H groups in total. The van der Waals surface area contributed by atoms with Crippen LogP contribution in [0.15, 0.2) is 22.4 Å². The summed E-state index contributed by atoms with van der Waals surface area (Å²) in [6.07, 6.45) is 0. The van der Waals surface area contributed by atoms with E-state index in [0.29, 0.717) is 0 Å². The third kappa shape index (κ3) is 2.83. The number of nitrogens with one attached hydrogen (secondary N) is 2. The lowest BCUT2D eigenvalue weighted by atomic mass is 10.4. The normalized spacial score (nSPS) is 11.6. The van der Waals surface area contributed by atoms with Crippen LogP contribution in [0.1, 0.15) is 21.1 Å². The van der Waals surface area contributed by atoms with Gasteiger partial charge in [-0.3, -0.25) is 5.10 Å². The van der Waals surface area contributed by atoms with E-state index in [4.69, 9.17) is 5.11 Å². The molecule has 0 bridgehead atoms. The van der Waals surface area contributed by atoms with Crippen LogP contribution in [0.2, 0.25) is 0 Å². The standard InChI is InChI=1S/C10H11N3O4S2/c1-6-9(8(10(14)15)13-12-6)19(16,17)11-5-7-3-2-4-18-7/h2-4,11H,5H2,1H3,(H,12,13)(H,14,15). The van der Waals surface area contributed by atoms with Crippen molar-refractivity contribution in [2.24, 2.45) is 0 Å². The fourth-order valence-corrected chi connectivity index (χ4v) is 3.61. The molecule has 102 valence electrons. The van der Waals surface area contributed by atoms with Gasteiger partial charge in [0.2, 0.25) is 10.0 Å². The maximum atomic E-state index is 12.1. The molecule has 0 aliphatic carbocycles. The molecule has 0 amide bonds. The fourth-order valence-electron chi connectivity index (χ4n) is 1.54. The van der Waals surface area contributed by atoms with Gasteiger partial charge in [-0.25, -0.2) is 17.9 Å². The molecule has 0 fully saturated rings. The van der Waals surface area contributed by atoms with Gasteiger partial charge >= 0.3 is 5.97 Å². The second kappa shape index (κ2) is 5.11. The Labute approximate surface area is 113 Å². The highest BCUT2D eigenvalue weighted by Crippen LogP contribution is 2.18. The molecule has 0 aliphatic rings. The Morgan fingerprint density at radius 2 is 2.32 bits per heavy atom. The number of carbonyl (C=O) groups is 1. The van der Waals surface area contributed by atoms with Crippen LogP contribution in [0.25, 0.3) is 0 Å². The first-order valence-corrected chi connectivity index (χ1v) is 7.58. The summed E-state index contributed by atoms with van der Waals surface area (Å²) in [5.41, 5.74) is -0.313. The van der Waals surface area contributed by atoms with E-state index < -0.39 is 21.7 Å². The van der Waals surface area contributed by atoms with Crippen LogP contribution in [0, 0.1) is 6.92 Å². The van der Waals surface area contributed by atoms with Crippen molar-refractivity contribution in [3.05, 3.63) is 33.8 Å². The first-order chi connectivity index (χ1) is 8.92. The molecule has 0 unspecified atom stereocenters. The highest BCUT2D eigenvalue weighted by atomic mass is 32.2. The highest BCUT2D eigenvalue weighted by Gasteiger charge is 2.27. The number of nitrogens with zero attached hydrogens (tertiary/aromatic N) is 1. The van der Waals surface area contributed by atoms with E-state index in [1.165, 1.54) is 18.3 Å². The molecule has 0 radical (unpaired) electrons. The Bertz CT molecular complexity index is 688. The number of H-pyrrole nitrogens is 1. The van der Waals surface area contributed by atoms with Gasteiger partial charge in [0.15, 0.2) is 5.69 Å². The van der Waals surface area contributed by atoms with Crippen molar-refractivity contribution >= 4 is 27.3 Å². The van der Waals surface area contributed by atoms with Crippen LogP contribution in [-0.2, 0) is 16.6 Å². The summed E-state index contributed by atoms with van der Waals surface area (Å²) in [7, 11) is -3.92. The summed E-state index contributed by atoms with van der Waals surface area (Å²) in [6.45, 7) is 1.57. The Balaban J connectivity index is 2.29. The largest absolute Gasteiger partial charge is 0.476 e. The molecule has 2 rings (SSSR count). The summed E-state index contributed by atoms with van der Waals surface area (Å²) >= 11 is 1.41. The molecule has 0 atom stereocenters. The van der Waals surface area contributed by atoms with Crippen LogP contribution >= 0.6 is 11.3 Å². The molecule has 2 heterocycles. The lowest BCUT2D eigenvalue weighted by Crippen LogP contribution is -2.25. The predicted octanol–water partition coefficient (Wildman–Crippen LogP) is 0.956. The number of hydrogen-bond acceptors (Lipinski definition) is 5. The van der Waals surface area contributed by atoms with Crippen LogP contribution in [0.5, 0.6) is 0 Å². The molecule has 2 aromatic rings. The minimum atomic E-state index is -3.92. The molecular formula is C10H11N3O4S2. The maximum Gasteiger partial charge on any atom is 0.357 e. The second-order valence-electron chi connectivity index (χ2n) is 3.74. The Morgan fingerprint density at radius 3 is 2.89 bits per heavy atom. The second-order valence-corrected chi connectivity index (χ2v) is 6.47. The van der Waals surface area contributed by atoms with Crippen molar-refractivity contribution in [3.8, 4) is 0 Å². The number of carboxylic acid groups (broad SMARTS) is 1. The van der Waals surface area contributed by atoms with E-state index in [-0.39, 0.29) is 17.1 Å². The van der Waals surface area contributed by atoms with Gasteiger partial charge in [0.1, 0.15) is 4.90 Å². The Morgan fingerprint density at radius 1 is 1.58 bits per heavy atom. The van der Waals surface area contributed by atoms with E-state index in [0.717, 1.165) is 4.88 Å². The summed E-state index contributed by atoms with van der Waals surface area (Å²) in [5, 5.41) is 16.6. The third-order valence-electron chi connectivity index (χ3n) is 2.38. The SMILES string of the molecule is Cc1[nH]nc(C(=O)O)c1S(=O)(=O)NCc1cccs1. The molecule has 19 heavy (non-hydrogen) atoms. The van der Waals surface area contributed by atoms with Gasteiger partial charge in [-0.1, -0.05) is 6.07 Å². The van der Waals surface area contributed by atoms with E-state index in [1.54, 1.807) is 12.1 Å². The van der Waals surface area contributed by atoms with E-state index in [1.807, 2.05) is 5.38 Å². The number of aromatic carboxylic acids is 1. The van der Waals surface area contributed by atoms with E-state index in [9.17, 15) is 13.2 Å². The van der Waals surface area contributed by atoms with Gasteiger partial charge in [-0.15, -0.1) is 11.3 Å². The van der Waals surface area contributed by atoms with Crippen molar-refractivity contribution < 1.29 is 18.3 Å². The smallest absolute Gasteiger partial charge is 0.357 e. The van der Waals surface area contributed by atoms with Crippen molar-refractivity contribution in [2.45, 2.75) is 18.4 Å². The zero-order valence-corrected chi connectivity index (χ0v) is 11.5. The molecule has 0 aliphatic heterocycles. The quantitative estimate of drug-likeness (QED) is 0.761. The van der Waals surface area contributed by atoms with Crippen molar-refractivity contribution in [3.63, 3.8) is 0 Å². The Hall–Kier alpha value is -1.71. The average Bonchev–Trinajstić information content (AvgIpc) is 2.95. The molecule has 0 saturated heterocycles. The number of hydrogen-bond donors (Lipinski definition) is 3. The monoisotopic (exact) mass is 301 g/mol. The highest BCUT2D eigenvalue weighted by molar-refractivity contribution is 7.89. The van der Waals surface area contributed by atoms with Crippen LogP contribution in [-0.4, -0.2) is 29.7 Å². The zero-order valence-electron chi connectivity index (χ0n) is 9.87. The number of aromatic nitrogens is 2.